The van der Waals surface area contributed by atoms with Crippen molar-refractivity contribution in [2.75, 3.05) is 13.7 Å². The van der Waals surface area contributed by atoms with Crippen LogP contribution in [0.5, 0.6) is 5.75 Å². The number of rotatable bonds is 7. The number of hydrogen-bond acceptors (Lipinski definition) is 3. The van der Waals surface area contributed by atoms with Gasteiger partial charge in [0, 0.05) is 13.6 Å². The summed E-state index contributed by atoms with van der Waals surface area (Å²) in [4.78, 5) is 14.4. The summed E-state index contributed by atoms with van der Waals surface area (Å²) in [7, 11) is 1.86. The monoisotopic (exact) mass is 356 g/mol. The number of amides is 1. The third-order valence-corrected chi connectivity index (χ3v) is 4.13. The maximum Gasteiger partial charge on any atom is 0.261 e. The Labute approximate surface area is 154 Å². The summed E-state index contributed by atoms with van der Waals surface area (Å²) in [6.45, 7) is 3.33. The van der Waals surface area contributed by atoms with Gasteiger partial charge in [0.15, 0.2) is 5.11 Å². The predicted molar refractivity (Wildman–Crippen MR) is 105 cm³/mol. The molecule has 2 aromatic rings. The van der Waals surface area contributed by atoms with E-state index in [1.165, 1.54) is 0 Å². The lowest BCUT2D eigenvalue weighted by Gasteiger charge is -2.21. The highest BCUT2D eigenvalue weighted by Gasteiger charge is 2.15. The molecule has 0 radical (unpaired) electrons. The van der Waals surface area contributed by atoms with E-state index >= 15 is 0 Å². The van der Waals surface area contributed by atoms with Gasteiger partial charge in [0.1, 0.15) is 5.75 Å². The molecule has 0 aliphatic rings. The van der Waals surface area contributed by atoms with Gasteiger partial charge in [0.05, 0.1) is 12.2 Å². The van der Waals surface area contributed by atoms with Crippen LogP contribution in [0.4, 0.5) is 0 Å². The molecule has 0 unspecified atom stereocenters. The van der Waals surface area contributed by atoms with Crippen molar-refractivity contribution in [1.82, 2.24) is 10.2 Å². The van der Waals surface area contributed by atoms with Crippen LogP contribution in [0.25, 0.3) is 0 Å². The minimum Gasteiger partial charge on any atom is -0.493 e. The zero-order valence-corrected chi connectivity index (χ0v) is 15.5. The molecule has 0 spiro atoms. The van der Waals surface area contributed by atoms with E-state index in [2.05, 4.69) is 12.2 Å². The van der Waals surface area contributed by atoms with Gasteiger partial charge in [-0.25, -0.2) is 0 Å². The molecule has 0 heterocycles. The summed E-state index contributed by atoms with van der Waals surface area (Å²) in [6, 6.07) is 17.2. The lowest BCUT2D eigenvalue weighted by Crippen LogP contribution is -2.40. The number of unbranched alkanes of at least 4 members (excludes halogenated alkanes) is 1. The molecule has 0 aliphatic carbocycles. The first-order chi connectivity index (χ1) is 12.1. The van der Waals surface area contributed by atoms with Gasteiger partial charge in [-0.1, -0.05) is 55.8 Å². The van der Waals surface area contributed by atoms with Crippen LogP contribution in [0.3, 0.4) is 0 Å². The van der Waals surface area contributed by atoms with E-state index in [4.69, 9.17) is 17.0 Å². The molecule has 0 saturated carbocycles. The summed E-state index contributed by atoms with van der Waals surface area (Å²) in [5, 5.41) is 3.17. The van der Waals surface area contributed by atoms with Crippen LogP contribution in [0.2, 0.25) is 0 Å². The van der Waals surface area contributed by atoms with Crippen LogP contribution in [-0.4, -0.2) is 29.6 Å². The Balaban J connectivity index is 1.97. The second-order valence-corrected chi connectivity index (χ2v) is 6.19. The normalized spacial score (nSPS) is 10.2. The molecular weight excluding hydrogens is 332 g/mol. The number of benzene rings is 2. The fourth-order valence-electron chi connectivity index (χ4n) is 2.30. The van der Waals surface area contributed by atoms with Gasteiger partial charge >= 0.3 is 0 Å². The minimum atomic E-state index is -0.253. The largest absolute Gasteiger partial charge is 0.493 e. The van der Waals surface area contributed by atoms with E-state index in [1.807, 2.05) is 54.4 Å². The maximum absolute atomic E-state index is 12.6. The Bertz CT molecular complexity index is 704. The Morgan fingerprint density at radius 3 is 2.52 bits per heavy atom. The van der Waals surface area contributed by atoms with Crippen LogP contribution in [-0.2, 0) is 6.54 Å². The van der Waals surface area contributed by atoms with Crippen LogP contribution in [0.15, 0.2) is 54.6 Å². The first-order valence-corrected chi connectivity index (χ1v) is 8.85. The average Bonchev–Trinajstić information content (AvgIpc) is 2.63. The number of hydrogen-bond donors (Lipinski definition) is 1. The average molecular weight is 356 g/mol. The highest BCUT2D eigenvalue weighted by molar-refractivity contribution is 7.80. The Morgan fingerprint density at radius 1 is 1.12 bits per heavy atom. The van der Waals surface area contributed by atoms with Crippen LogP contribution < -0.4 is 10.1 Å². The van der Waals surface area contributed by atoms with E-state index in [-0.39, 0.29) is 5.91 Å². The summed E-state index contributed by atoms with van der Waals surface area (Å²) < 4.78 is 5.72. The summed E-state index contributed by atoms with van der Waals surface area (Å²) >= 11 is 5.35. The van der Waals surface area contributed by atoms with Gasteiger partial charge in [-0.2, -0.15) is 0 Å². The number of thiocarbonyl (C=S) groups is 1. The molecule has 4 nitrogen and oxygen atoms in total. The molecule has 2 rings (SSSR count). The standard InChI is InChI=1S/C20H24N2O2S/c1-3-4-14-24-18-13-9-8-12-17(18)19(23)21-20(25)22(2)15-16-10-6-5-7-11-16/h5-13H,3-4,14-15H2,1-2H3,(H,21,23,25). The van der Waals surface area contributed by atoms with Gasteiger partial charge < -0.3 is 9.64 Å². The van der Waals surface area contributed by atoms with Crippen molar-refractivity contribution in [2.24, 2.45) is 0 Å². The molecule has 2 aromatic carbocycles. The molecule has 25 heavy (non-hydrogen) atoms. The van der Waals surface area contributed by atoms with Crippen molar-refractivity contribution in [3.05, 3.63) is 65.7 Å². The number of para-hydroxylation sites is 1. The Morgan fingerprint density at radius 2 is 1.80 bits per heavy atom. The smallest absolute Gasteiger partial charge is 0.261 e. The Hall–Kier alpha value is -2.40. The SMILES string of the molecule is CCCCOc1ccccc1C(=O)NC(=S)N(C)Cc1ccccc1. The first kappa shape index (κ1) is 18.9. The molecule has 0 aliphatic heterocycles. The molecule has 5 heteroatoms. The maximum atomic E-state index is 12.6. The zero-order chi connectivity index (χ0) is 18.1. The van der Waals surface area contributed by atoms with Gasteiger partial charge in [-0.15, -0.1) is 0 Å². The molecule has 0 atom stereocenters. The highest BCUT2D eigenvalue weighted by Crippen LogP contribution is 2.18. The molecule has 1 N–H and O–H groups in total. The van der Waals surface area contributed by atoms with E-state index in [0.717, 1.165) is 18.4 Å². The summed E-state index contributed by atoms with van der Waals surface area (Å²) in [5.74, 6) is 0.332. The second kappa shape index (κ2) is 9.79. The molecule has 0 bridgehead atoms. The van der Waals surface area contributed by atoms with Crippen molar-refractivity contribution in [3.8, 4) is 5.75 Å². The quantitative estimate of drug-likeness (QED) is 0.601. The molecule has 0 aromatic heterocycles. The number of nitrogens with one attached hydrogen (secondary N) is 1. The fourth-order valence-corrected chi connectivity index (χ4v) is 2.45. The molecule has 0 saturated heterocycles. The van der Waals surface area contributed by atoms with Crippen molar-refractivity contribution in [3.63, 3.8) is 0 Å². The molecule has 0 fully saturated rings. The van der Waals surface area contributed by atoms with Crippen LogP contribution >= 0.6 is 12.2 Å². The summed E-state index contributed by atoms with van der Waals surface area (Å²) in [5.41, 5.74) is 1.62. The van der Waals surface area contributed by atoms with Crippen LogP contribution in [0, 0.1) is 0 Å². The van der Waals surface area contributed by atoms with E-state index in [1.54, 1.807) is 12.1 Å². The Kier molecular flexibility index (Phi) is 7.41. The fraction of sp³-hybridized carbons (Fsp3) is 0.300. The van der Waals surface area contributed by atoms with E-state index < -0.39 is 0 Å². The van der Waals surface area contributed by atoms with Gasteiger partial charge in [0.2, 0.25) is 0 Å². The van der Waals surface area contributed by atoms with Crippen molar-refractivity contribution < 1.29 is 9.53 Å². The van der Waals surface area contributed by atoms with Gasteiger partial charge in [-0.3, -0.25) is 10.1 Å². The van der Waals surface area contributed by atoms with Crippen molar-refractivity contribution >= 4 is 23.2 Å². The zero-order valence-electron chi connectivity index (χ0n) is 14.7. The van der Waals surface area contributed by atoms with Gasteiger partial charge in [-0.05, 0) is 36.3 Å². The van der Waals surface area contributed by atoms with Crippen molar-refractivity contribution in [2.45, 2.75) is 26.3 Å². The van der Waals surface area contributed by atoms with Crippen LogP contribution in [0.1, 0.15) is 35.7 Å². The lowest BCUT2D eigenvalue weighted by atomic mass is 10.2. The molecule has 1 amide bonds. The van der Waals surface area contributed by atoms with Crippen molar-refractivity contribution in [1.29, 1.82) is 0 Å². The number of nitrogens with zero attached hydrogens (tertiary/aromatic N) is 1. The lowest BCUT2D eigenvalue weighted by molar-refractivity contribution is 0.0969. The third kappa shape index (κ3) is 5.87. The first-order valence-electron chi connectivity index (χ1n) is 8.44. The number of ether oxygens (including phenoxy) is 1. The highest BCUT2D eigenvalue weighted by atomic mass is 32.1. The number of carbonyl (C=O) groups is 1. The topological polar surface area (TPSA) is 41.6 Å². The number of carbonyl (C=O) groups excluding carboxylic acids is 1. The van der Waals surface area contributed by atoms with E-state index in [9.17, 15) is 4.79 Å². The minimum absolute atomic E-state index is 0.253. The molecule has 132 valence electrons. The predicted octanol–water partition coefficient (Wildman–Crippen LogP) is 4.01. The van der Waals surface area contributed by atoms with Gasteiger partial charge in [0.25, 0.3) is 5.91 Å². The third-order valence-electron chi connectivity index (χ3n) is 3.72. The van der Waals surface area contributed by atoms with E-state index in [0.29, 0.717) is 29.6 Å². The second-order valence-electron chi connectivity index (χ2n) is 5.80. The molecular formula is C20H24N2O2S. The summed E-state index contributed by atoms with van der Waals surface area (Å²) in [6.07, 6.45) is 2.00.